The van der Waals surface area contributed by atoms with Crippen molar-refractivity contribution in [2.45, 2.75) is 32.1 Å². The lowest BCUT2D eigenvalue weighted by atomic mass is 9.75. The predicted molar refractivity (Wildman–Crippen MR) is 120 cm³/mol. The van der Waals surface area contributed by atoms with Crippen molar-refractivity contribution in [2.24, 2.45) is 0 Å². The molecule has 0 spiro atoms. The van der Waals surface area contributed by atoms with Crippen LogP contribution in [0.25, 0.3) is 22.3 Å². The molecule has 1 heterocycles. The number of likely N-dealkylation sites (tertiary alicyclic amines) is 1. The summed E-state index contributed by atoms with van der Waals surface area (Å²) in [5, 5.41) is 0. The number of likely N-dealkylation sites (N-methyl/N-ethyl adjacent to an activating group) is 1. The van der Waals surface area contributed by atoms with Gasteiger partial charge in [-0.2, -0.15) is 0 Å². The standard InChI is InChI=1S/C27H32N/c1-21-6-8-22(9-7-21)23-10-12-24(13-11-23)25-14-16-26(17-15-25)27(2)18-5-19-28(3,4)20-27/h6-17H,5,18-20H2,1-4H3/q+1. The maximum Gasteiger partial charge on any atom is 0.0877 e. The first-order valence-electron chi connectivity index (χ1n) is 10.4. The Morgan fingerprint density at radius 2 is 1.11 bits per heavy atom. The molecule has 1 aliphatic rings. The summed E-state index contributed by atoms with van der Waals surface area (Å²) in [4.78, 5) is 0. The van der Waals surface area contributed by atoms with E-state index in [-0.39, 0.29) is 5.41 Å². The van der Waals surface area contributed by atoms with Crippen LogP contribution < -0.4 is 0 Å². The normalized spacial score (nSPS) is 21.4. The van der Waals surface area contributed by atoms with Crippen LogP contribution in [0.15, 0.2) is 72.8 Å². The fourth-order valence-electron chi connectivity index (χ4n) is 4.90. The van der Waals surface area contributed by atoms with Crippen molar-refractivity contribution in [1.82, 2.24) is 0 Å². The van der Waals surface area contributed by atoms with E-state index in [0.29, 0.717) is 0 Å². The van der Waals surface area contributed by atoms with E-state index in [0.717, 1.165) is 4.48 Å². The van der Waals surface area contributed by atoms with E-state index in [4.69, 9.17) is 0 Å². The molecule has 0 saturated carbocycles. The van der Waals surface area contributed by atoms with E-state index in [1.165, 1.54) is 59.3 Å². The highest BCUT2D eigenvalue weighted by molar-refractivity contribution is 5.70. The lowest BCUT2D eigenvalue weighted by Crippen LogP contribution is -2.53. The summed E-state index contributed by atoms with van der Waals surface area (Å²) >= 11 is 0. The largest absolute Gasteiger partial charge is 0.328 e. The van der Waals surface area contributed by atoms with Crippen LogP contribution in [0.4, 0.5) is 0 Å². The minimum Gasteiger partial charge on any atom is -0.328 e. The SMILES string of the molecule is Cc1ccc(-c2ccc(-c3ccc(C4(C)CCC[N+](C)(C)C4)cc3)cc2)cc1. The molecule has 1 saturated heterocycles. The zero-order chi connectivity index (χ0) is 19.8. The lowest BCUT2D eigenvalue weighted by Gasteiger charge is -2.44. The molecule has 1 heteroatoms. The van der Waals surface area contributed by atoms with Gasteiger partial charge in [-0.25, -0.2) is 0 Å². The number of quaternary nitrogens is 1. The van der Waals surface area contributed by atoms with Gasteiger partial charge in [0.15, 0.2) is 0 Å². The van der Waals surface area contributed by atoms with Crippen LogP contribution in [0.5, 0.6) is 0 Å². The van der Waals surface area contributed by atoms with Crippen molar-refractivity contribution < 1.29 is 4.48 Å². The predicted octanol–water partition coefficient (Wildman–Crippen LogP) is 6.46. The van der Waals surface area contributed by atoms with Gasteiger partial charge in [0.1, 0.15) is 0 Å². The minimum atomic E-state index is 0.287. The van der Waals surface area contributed by atoms with Crippen LogP contribution in [0, 0.1) is 6.92 Å². The molecular weight excluding hydrogens is 338 g/mol. The molecule has 28 heavy (non-hydrogen) atoms. The van der Waals surface area contributed by atoms with Crippen molar-refractivity contribution in [1.29, 1.82) is 0 Å². The highest BCUT2D eigenvalue weighted by Crippen LogP contribution is 2.36. The molecule has 0 aromatic heterocycles. The quantitative estimate of drug-likeness (QED) is 0.464. The molecule has 3 aromatic carbocycles. The summed E-state index contributed by atoms with van der Waals surface area (Å²) in [6, 6.07) is 27.0. The van der Waals surface area contributed by atoms with Gasteiger partial charge in [0.05, 0.1) is 27.2 Å². The summed E-state index contributed by atoms with van der Waals surface area (Å²) in [7, 11) is 4.72. The first-order chi connectivity index (χ1) is 13.3. The Hall–Kier alpha value is -2.38. The molecular formula is C27H32N+. The summed E-state index contributed by atoms with van der Waals surface area (Å²) < 4.78 is 1.12. The maximum absolute atomic E-state index is 2.44. The van der Waals surface area contributed by atoms with Gasteiger partial charge < -0.3 is 4.48 Å². The van der Waals surface area contributed by atoms with Gasteiger partial charge in [0.25, 0.3) is 0 Å². The van der Waals surface area contributed by atoms with Crippen LogP contribution in [-0.4, -0.2) is 31.7 Å². The first kappa shape index (κ1) is 19.0. The van der Waals surface area contributed by atoms with Gasteiger partial charge in [-0.05, 0) is 47.6 Å². The number of hydrogen-bond donors (Lipinski definition) is 0. The van der Waals surface area contributed by atoms with Crippen LogP contribution in [0.1, 0.15) is 30.9 Å². The highest BCUT2D eigenvalue weighted by Gasteiger charge is 2.38. The van der Waals surface area contributed by atoms with E-state index >= 15 is 0 Å². The summed E-state index contributed by atoms with van der Waals surface area (Å²) in [5.74, 6) is 0. The third-order valence-corrected chi connectivity index (χ3v) is 6.45. The Morgan fingerprint density at radius 3 is 1.57 bits per heavy atom. The molecule has 0 N–H and O–H groups in total. The van der Waals surface area contributed by atoms with Crippen molar-refractivity contribution in [3.05, 3.63) is 83.9 Å². The Kier molecular flexibility index (Phi) is 4.89. The van der Waals surface area contributed by atoms with Gasteiger partial charge in [0.2, 0.25) is 0 Å². The lowest BCUT2D eigenvalue weighted by molar-refractivity contribution is -0.899. The van der Waals surface area contributed by atoms with Crippen molar-refractivity contribution in [3.63, 3.8) is 0 Å². The van der Waals surface area contributed by atoms with Gasteiger partial charge in [0, 0.05) is 5.41 Å². The molecule has 4 rings (SSSR count). The second-order valence-corrected chi connectivity index (χ2v) is 9.50. The van der Waals surface area contributed by atoms with E-state index < -0.39 is 0 Å². The van der Waals surface area contributed by atoms with Gasteiger partial charge in [-0.15, -0.1) is 0 Å². The van der Waals surface area contributed by atoms with E-state index in [1.54, 1.807) is 0 Å². The molecule has 1 nitrogen and oxygen atoms in total. The summed E-state index contributed by atoms with van der Waals surface area (Å²) in [6.45, 7) is 7.08. The first-order valence-corrected chi connectivity index (χ1v) is 10.4. The molecule has 3 aromatic rings. The zero-order valence-corrected chi connectivity index (χ0v) is 17.7. The molecule has 0 aliphatic carbocycles. The monoisotopic (exact) mass is 370 g/mol. The second-order valence-electron chi connectivity index (χ2n) is 9.50. The van der Waals surface area contributed by atoms with E-state index in [9.17, 15) is 0 Å². The fraction of sp³-hybridized carbons (Fsp3) is 0.333. The van der Waals surface area contributed by atoms with E-state index in [2.05, 4.69) is 101 Å². The minimum absolute atomic E-state index is 0.287. The number of rotatable bonds is 3. The molecule has 0 radical (unpaired) electrons. The number of piperidine rings is 1. The molecule has 144 valence electrons. The van der Waals surface area contributed by atoms with Crippen LogP contribution in [0.2, 0.25) is 0 Å². The third kappa shape index (κ3) is 3.91. The van der Waals surface area contributed by atoms with Gasteiger partial charge >= 0.3 is 0 Å². The Labute approximate surface area is 170 Å². The zero-order valence-electron chi connectivity index (χ0n) is 17.7. The molecule has 0 amide bonds. The Bertz CT molecular complexity index is 933. The van der Waals surface area contributed by atoms with Crippen LogP contribution >= 0.6 is 0 Å². The fourth-order valence-corrected chi connectivity index (χ4v) is 4.90. The average molecular weight is 371 g/mol. The van der Waals surface area contributed by atoms with Crippen LogP contribution in [-0.2, 0) is 5.41 Å². The number of aryl methyl sites for hydroxylation is 1. The molecule has 1 atom stereocenters. The Morgan fingerprint density at radius 1 is 0.679 bits per heavy atom. The average Bonchev–Trinajstić information content (AvgIpc) is 2.68. The maximum atomic E-state index is 2.44. The summed E-state index contributed by atoms with van der Waals surface area (Å²) in [6.07, 6.45) is 2.60. The number of benzene rings is 3. The molecule has 1 unspecified atom stereocenters. The topological polar surface area (TPSA) is 0 Å². The smallest absolute Gasteiger partial charge is 0.0877 e. The van der Waals surface area contributed by atoms with Crippen molar-refractivity contribution >= 4 is 0 Å². The number of hydrogen-bond acceptors (Lipinski definition) is 0. The van der Waals surface area contributed by atoms with Crippen LogP contribution in [0.3, 0.4) is 0 Å². The van der Waals surface area contributed by atoms with E-state index in [1.807, 2.05) is 0 Å². The molecule has 1 fully saturated rings. The number of nitrogens with zero attached hydrogens (tertiary/aromatic N) is 1. The summed E-state index contributed by atoms with van der Waals surface area (Å²) in [5.41, 5.74) is 8.20. The third-order valence-electron chi connectivity index (χ3n) is 6.45. The van der Waals surface area contributed by atoms with Gasteiger partial charge in [-0.3, -0.25) is 0 Å². The second kappa shape index (κ2) is 7.22. The van der Waals surface area contributed by atoms with Crippen molar-refractivity contribution in [2.75, 3.05) is 27.2 Å². The van der Waals surface area contributed by atoms with Crippen molar-refractivity contribution in [3.8, 4) is 22.3 Å². The highest BCUT2D eigenvalue weighted by atomic mass is 15.3. The van der Waals surface area contributed by atoms with Gasteiger partial charge in [-0.1, -0.05) is 85.3 Å². The Balaban J connectivity index is 1.55. The molecule has 1 aliphatic heterocycles. The molecule has 0 bridgehead atoms.